The molecule has 2 saturated heterocycles. The first-order valence-corrected chi connectivity index (χ1v) is 11.4. The van der Waals surface area contributed by atoms with Crippen molar-refractivity contribution < 1.29 is 62.0 Å². The monoisotopic (exact) mass is 505 g/mol. The van der Waals surface area contributed by atoms with E-state index in [2.05, 4.69) is 13.7 Å². The Morgan fingerprint density at radius 3 is 2.03 bits per heavy atom. The van der Waals surface area contributed by atoms with Crippen LogP contribution in [0, 0.1) is 10.8 Å². The highest BCUT2D eigenvalue weighted by atomic mass is 32.3. The smallest absolute Gasteiger partial charge is 0.421 e. The van der Waals surface area contributed by atoms with Crippen LogP contribution in [-0.2, 0) is 43.5 Å². The standard InChI is InChI=1S/C14H20F5NO9S2/c1-11(2)4-27-9(21)8(11)29-31(24,25)20-30(22,23)14(18,19)10(13(15,16)17)28-7-12(3)5-26-6-12/h8,10,20H,4-7H2,1-3H3. The second-order valence-corrected chi connectivity index (χ2v) is 11.5. The maximum atomic E-state index is 14.4. The van der Waals surface area contributed by atoms with Crippen molar-refractivity contribution in [2.24, 2.45) is 10.8 Å². The van der Waals surface area contributed by atoms with E-state index >= 15 is 0 Å². The van der Waals surface area contributed by atoms with E-state index in [1.54, 1.807) is 0 Å². The molecule has 182 valence electrons. The summed E-state index contributed by atoms with van der Waals surface area (Å²) in [5.41, 5.74) is -2.35. The number of cyclic esters (lactones) is 1. The van der Waals surface area contributed by atoms with E-state index in [0.717, 1.165) is 0 Å². The summed E-state index contributed by atoms with van der Waals surface area (Å²) in [5.74, 6) is -1.23. The Morgan fingerprint density at radius 2 is 1.65 bits per heavy atom. The minimum absolute atomic E-state index is 0.107. The fourth-order valence-corrected chi connectivity index (χ4v) is 5.33. The molecule has 10 nitrogen and oxygen atoms in total. The Balaban J connectivity index is 2.24. The Hall–Kier alpha value is -1.14. The van der Waals surface area contributed by atoms with Crippen molar-refractivity contribution in [2.75, 3.05) is 26.4 Å². The molecule has 0 radical (unpaired) electrons. The average molecular weight is 505 g/mol. The number of esters is 1. The van der Waals surface area contributed by atoms with Crippen molar-refractivity contribution in [1.82, 2.24) is 4.13 Å². The van der Waals surface area contributed by atoms with Gasteiger partial charge in [0.25, 0.3) is 10.0 Å². The van der Waals surface area contributed by atoms with Gasteiger partial charge in [-0.1, -0.05) is 24.9 Å². The zero-order valence-electron chi connectivity index (χ0n) is 16.4. The van der Waals surface area contributed by atoms with Crippen molar-refractivity contribution >= 4 is 26.3 Å². The molecule has 2 heterocycles. The third-order valence-electron chi connectivity index (χ3n) is 4.41. The van der Waals surface area contributed by atoms with E-state index in [1.807, 2.05) is 0 Å². The van der Waals surface area contributed by atoms with Gasteiger partial charge in [-0.05, 0) is 0 Å². The molecule has 0 spiro atoms. The number of ether oxygens (including phenoxy) is 3. The van der Waals surface area contributed by atoms with Gasteiger partial charge in [0.15, 0.2) is 6.10 Å². The van der Waals surface area contributed by atoms with E-state index in [-0.39, 0.29) is 19.8 Å². The second kappa shape index (κ2) is 8.02. The van der Waals surface area contributed by atoms with Crippen LogP contribution in [0.4, 0.5) is 22.0 Å². The summed E-state index contributed by atoms with van der Waals surface area (Å²) in [4.78, 5) is 11.6. The topological polar surface area (TPSA) is 134 Å². The van der Waals surface area contributed by atoms with Crippen LogP contribution in [-0.4, -0.2) is 72.9 Å². The van der Waals surface area contributed by atoms with Crippen LogP contribution in [0.5, 0.6) is 0 Å². The van der Waals surface area contributed by atoms with Crippen molar-refractivity contribution in [1.29, 1.82) is 0 Å². The minimum Gasteiger partial charge on any atom is -0.463 e. The molecule has 0 aromatic carbocycles. The first-order valence-electron chi connectivity index (χ1n) is 8.49. The summed E-state index contributed by atoms with van der Waals surface area (Å²) in [6.45, 7) is 2.46. The van der Waals surface area contributed by atoms with E-state index in [0.29, 0.717) is 4.13 Å². The molecule has 1 N–H and O–H groups in total. The van der Waals surface area contributed by atoms with Gasteiger partial charge in [0.05, 0.1) is 26.4 Å². The molecular formula is C14H20F5NO9S2. The number of hydrogen-bond acceptors (Lipinski definition) is 9. The van der Waals surface area contributed by atoms with Crippen LogP contribution < -0.4 is 4.13 Å². The third kappa shape index (κ3) is 5.62. The fourth-order valence-electron chi connectivity index (χ4n) is 2.57. The number of hydrogen-bond donors (Lipinski definition) is 1. The zero-order chi connectivity index (χ0) is 24.1. The van der Waals surface area contributed by atoms with Crippen molar-refractivity contribution in [3.63, 3.8) is 0 Å². The predicted octanol–water partition coefficient (Wildman–Crippen LogP) is 0.696. The number of carbonyl (C=O) groups is 1. The Kier molecular flexibility index (Phi) is 6.75. The van der Waals surface area contributed by atoms with Gasteiger partial charge in [-0.2, -0.15) is 30.4 Å². The van der Waals surface area contributed by atoms with Crippen LogP contribution in [0.15, 0.2) is 0 Å². The first kappa shape index (κ1) is 26.1. The summed E-state index contributed by atoms with van der Waals surface area (Å²) >= 11 is 0. The lowest BCUT2D eigenvalue weighted by Crippen LogP contribution is -2.58. The molecular weight excluding hydrogens is 485 g/mol. The highest BCUT2D eigenvalue weighted by Crippen LogP contribution is 2.40. The molecule has 2 unspecified atom stereocenters. The summed E-state index contributed by atoms with van der Waals surface area (Å²) < 4.78 is 134. The Morgan fingerprint density at radius 1 is 1.10 bits per heavy atom. The van der Waals surface area contributed by atoms with Gasteiger partial charge in [-0.25, -0.2) is 17.4 Å². The van der Waals surface area contributed by atoms with Gasteiger partial charge in [-0.15, -0.1) is 0 Å². The third-order valence-corrected chi connectivity index (χ3v) is 7.48. The van der Waals surface area contributed by atoms with Gasteiger partial charge in [-0.3, -0.25) is 0 Å². The van der Waals surface area contributed by atoms with Gasteiger partial charge in [0.1, 0.15) is 0 Å². The molecule has 2 fully saturated rings. The molecule has 31 heavy (non-hydrogen) atoms. The summed E-state index contributed by atoms with van der Waals surface area (Å²) in [7, 11) is -12.3. The van der Waals surface area contributed by atoms with Gasteiger partial charge >= 0.3 is 27.7 Å². The Bertz CT molecular complexity index is 913. The quantitative estimate of drug-likeness (QED) is 0.355. The summed E-state index contributed by atoms with van der Waals surface area (Å²) in [5, 5.41) is -5.78. The molecule has 2 aliphatic heterocycles. The molecule has 17 heteroatoms. The number of halogens is 5. The van der Waals surface area contributed by atoms with Gasteiger partial charge in [0.2, 0.25) is 6.10 Å². The molecule has 0 aromatic rings. The van der Waals surface area contributed by atoms with E-state index in [9.17, 15) is 43.6 Å². The molecule has 2 rings (SSSR count). The predicted molar refractivity (Wildman–Crippen MR) is 90.3 cm³/mol. The van der Waals surface area contributed by atoms with Crippen LogP contribution in [0.1, 0.15) is 20.8 Å². The first-order chi connectivity index (χ1) is 13.7. The van der Waals surface area contributed by atoms with E-state index in [1.165, 1.54) is 20.8 Å². The molecule has 2 aliphatic rings. The lowest BCUT2D eigenvalue weighted by atomic mass is 9.90. The zero-order valence-corrected chi connectivity index (χ0v) is 18.0. The Labute approximate surface area is 174 Å². The van der Waals surface area contributed by atoms with Gasteiger partial charge < -0.3 is 14.2 Å². The van der Waals surface area contributed by atoms with E-state index in [4.69, 9.17) is 4.74 Å². The molecule has 0 amide bonds. The SMILES string of the molecule is CC1(COC(C(F)(F)F)C(F)(F)S(=O)(=O)NS(=O)(=O)OC2C(=O)OCC2(C)C)COC1. The number of alkyl halides is 5. The minimum atomic E-state index is -6.58. The molecule has 2 atom stereocenters. The highest BCUT2D eigenvalue weighted by Gasteiger charge is 2.66. The summed E-state index contributed by atoms with van der Waals surface area (Å²) in [6.07, 6.45) is -12.0. The number of nitrogens with one attached hydrogen (secondary N) is 1. The number of sulfonamides is 1. The largest absolute Gasteiger partial charge is 0.463 e. The van der Waals surface area contributed by atoms with Crippen LogP contribution in [0.2, 0.25) is 0 Å². The number of rotatable bonds is 9. The van der Waals surface area contributed by atoms with Crippen molar-refractivity contribution in [2.45, 2.75) is 44.4 Å². The maximum absolute atomic E-state index is 14.4. The maximum Gasteiger partial charge on any atom is 0.421 e. The normalized spacial score (nSPS) is 25.0. The second-order valence-electron chi connectivity index (χ2n) is 8.21. The van der Waals surface area contributed by atoms with Gasteiger partial charge in [0, 0.05) is 10.8 Å². The molecule has 0 saturated carbocycles. The molecule has 0 aliphatic carbocycles. The number of carbonyl (C=O) groups excluding carboxylic acids is 1. The van der Waals surface area contributed by atoms with Crippen LogP contribution in [0.3, 0.4) is 0 Å². The molecule has 0 aromatic heterocycles. The average Bonchev–Trinajstić information content (AvgIpc) is 2.77. The van der Waals surface area contributed by atoms with Crippen LogP contribution >= 0.6 is 0 Å². The molecule has 0 bridgehead atoms. The highest BCUT2D eigenvalue weighted by molar-refractivity contribution is 8.03. The lowest BCUT2D eigenvalue weighted by molar-refractivity contribution is -0.278. The summed E-state index contributed by atoms with van der Waals surface area (Å²) in [6, 6.07) is 0. The van der Waals surface area contributed by atoms with Crippen molar-refractivity contribution in [3.05, 3.63) is 0 Å². The van der Waals surface area contributed by atoms with Crippen LogP contribution in [0.25, 0.3) is 0 Å². The van der Waals surface area contributed by atoms with E-state index < -0.39 is 67.4 Å². The van der Waals surface area contributed by atoms with Crippen molar-refractivity contribution in [3.8, 4) is 0 Å². The lowest BCUT2D eigenvalue weighted by Gasteiger charge is -2.39. The fraction of sp³-hybridized carbons (Fsp3) is 0.929.